The third kappa shape index (κ3) is 19.9. The van der Waals surface area contributed by atoms with Crippen LogP contribution in [0.2, 0.25) is 0 Å². The molecule has 1 atom stereocenters. The van der Waals surface area contributed by atoms with Gasteiger partial charge in [0.15, 0.2) is 0 Å². The minimum Gasteiger partial charge on any atom is -0.359 e. The summed E-state index contributed by atoms with van der Waals surface area (Å²) in [5, 5.41) is 5.81. The Hall–Kier alpha value is -1.22. The third-order valence-corrected chi connectivity index (χ3v) is 6.11. The molecule has 0 bridgehead atoms. The molecule has 0 heterocycles. The van der Waals surface area contributed by atoms with Crippen molar-refractivity contribution >= 4 is 11.8 Å². The molecule has 0 spiro atoms. The van der Waals surface area contributed by atoms with Gasteiger partial charge in [0.1, 0.15) is 0 Å². The number of unbranched alkanes of at least 4 members (excludes halogenated alkanes) is 7. The molecule has 6 N–H and O–H groups in total. The first-order valence-electron chi connectivity index (χ1n) is 13.3. The second kappa shape index (κ2) is 22.6. The molecule has 0 rings (SSSR count). The molecule has 2 amide bonds. The van der Waals surface area contributed by atoms with Crippen LogP contribution in [0.3, 0.4) is 0 Å². The van der Waals surface area contributed by atoms with Gasteiger partial charge in [-0.3, -0.25) is 9.59 Å². The Balaban J connectivity index is 4.12. The van der Waals surface area contributed by atoms with Crippen molar-refractivity contribution in [3.05, 3.63) is 0 Å². The number of nitrogens with one attached hydrogen (secondary N) is 2. The van der Waals surface area contributed by atoms with Crippen molar-refractivity contribution in [3.63, 3.8) is 0 Å². The summed E-state index contributed by atoms with van der Waals surface area (Å²) in [7, 11) is 1.65. The van der Waals surface area contributed by atoms with Crippen LogP contribution in [0.15, 0.2) is 0 Å². The second-order valence-corrected chi connectivity index (χ2v) is 9.17. The molecule has 0 aliphatic rings. The topological polar surface area (TPSA) is 117 Å². The lowest BCUT2D eigenvalue weighted by molar-refractivity contribution is -0.122. The highest BCUT2D eigenvalue weighted by Gasteiger charge is 2.13. The highest BCUT2D eigenvalue weighted by molar-refractivity contribution is 5.76. The van der Waals surface area contributed by atoms with E-state index in [1.165, 1.54) is 51.4 Å². The molecule has 0 fully saturated rings. The zero-order valence-corrected chi connectivity index (χ0v) is 21.9. The van der Waals surface area contributed by atoms with Gasteiger partial charge in [-0.15, -0.1) is 0 Å². The number of rotatable bonds is 23. The molecule has 0 aliphatic heterocycles. The van der Waals surface area contributed by atoms with E-state index in [0.29, 0.717) is 39.0 Å². The molecule has 0 saturated heterocycles. The van der Waals surface area contributed by atoms with E-state index in [1.807, 2.05) is 0 Å². The predicted molar refractivity (Wildman–Crippen MR) is 139 cm³/mol. The Morgan fingerprint density at radius 1 is 0.727 bits per heavy atom. The lowest BCUT2D eigenvalue weighted by Gasteiger charge is -2.27. The summed E-state index contributed by atoms with van der Waals surface area (Å²) in [4.78, 5) is 28.4. The third-order valence-electron chi connectivity index (χ3n) is 6.11. The lowest BCUT2D eigenvalue weighted by atomic mass is 10.1. The van der Waals surface area contributed by atoms with E-state index >= 15 is 0 Å². The van der Waals surface area contributed by atoms with E-state index in [1.54, 1.807) is 7.05 Å². The molecular formula is C25H54N6O2. The summed E-state index contributed by atoms with van der Waals surface area (Å²) < 4.78 is 0. The Morgan fingerprint density at radius 2 is 1.21 bits per heavy atom. The Bertz CT molecular complexity index is 478. The Morgan fingerprint density at radius 3 is 1.70 bits per heavy atom. The zero-order chi connectivity index (χ0) is 24.7. The number of nitrogens with two attached hydrogens (primary N) is 2. The molecule has 0 aromatic carbocycles. The number of carbonyl (C=O) groups is 2. The first kappa shape index (κ1) is 31.8. The Labute approximate surface area is 203 Å². The van der Waals surface area contributed by atoms with E-state index in [0.717, 1.165) is 32.6 Å². The first-order valence-corrected chi connectivity index (χ1v) is 13.3. The van der Waals surface area contributed by atoms with Crippen LogP contribution in [0.25, 0.3) is 0 Å². The minimum absolute atomic E-state index is 0.0357. The lowest BCUT2D eigenvalue weighted by Crippen LogP contribution is -2.42. The monoisotopic (exact) mass is 470 g/mol. The summed E-state index contributed by atoms with van der Waals surface area (Å²) in [6.45, 7) is 9.99. The summed E-state index contributed by atoms with van der Waals surface area (Å²) >= 11 is 0. The van der Waals surface area contributed by atoms with Crippen molar-refractivity contribution in [2.24, 2.45) is 11.5 Å². The molecule has 8 nitrogen and oxygen atoms in total. The fourth-order valence-corrected chi connectivity index (χ4v) is 3.97. The number of hydrogen-bond acceptors (Lipinski definition) is 6. The van der Waals surface area contributed by atoms with Crippen molar-refractivity contribution in [1.29, 1.82) is 0 Å². The van der Waals surface area contributed by atoms with Gasteiger partial charge in [-0.25, -0.2) is 0 Å². The summed E-state index contributed by atoms with van der Waals surface area (Å²) in [6.07, 6.45) is 12.5. The molecule has 196 valence electrons. The highest BCUT2D eigenvalue weighted by atomic mass is 16.2. The molecular weight excluding hydrogens is 416 g/mol. The molecule has 0 radical (unpaired) electrons. The number of carbonyl (C=O) groups excluding carboxylic acids is 2. The van der Waals surface area contributed by atoms with Crippen LogP contribution in [-0.2, 0) is 9.59 Å². The van der Waals surface area contributed by atoms with E-state index < -0.39 is 0 Å². The fourth-order valence-electron chi connectivity index (χ4n) is 3.97. The largest absolute Gasteiger partial charge is 0.359 e. The second-order valence-electron chi connectivity index (χ2n) is 9.17. The normalized spacial score (nSPS) is 12.3. The average molecular weight is 471 g/mol. The van der Waals surface area contributed by atoms with E-state index in [-0.39, 0.29) is 17.9 Å². The van der Waals surface area contributed by atoms with Crippen molar-refractivity contribution < 1.29 is 9.59 Å². The molecule has 8 heteroatoms. The minimum atomic E-state index is 0.0357. The van der Waals surface area contributed by atoms with Crippen molar-refractivity contribution in [2.75, 3.05) is 59.4 Å². The van der Waals surface area contributed by atoms with Crippen LogP contribution in [0, 0.1) is 0 Å². The number of nitrogens with zero attached hydrogens (tertiary/aromatic N) is 2. The summed E-state index contributed by atoms with van der Waals surface area (Å²) in [6, 6.07) is 0.227. The summed E-state index contributed by atoms with van der Waals surface area (Å²) in [5.74, 6) is 0.149. The van der Waals surface area contributed by atoms with Crippen molar-refractivity contribution in [3.8, 4) is 0 Å². The molecule has 0 aliphatic carbocycles. The van der Waals surface area contributed by atoms with Gasteiger partial charge < -0.3 is 31.9 Å². The highest BCUT2D eigenvalue weighted by Crippen LogP contribution is 2.10. The van der Waals surface area contributed by atoms with Crippen LogP contribution >= 0.6 is 0 Å². The van der Waals surface area contributed by atoms with Crippen LogP contribution in [0.1, 0.15) is 84.5 Å². The van der Waals surface area contributed by atoms with Gasteiger partial charge in [-0.05, 0) is 13.3 Å². The van der Waals surface area contributed by atoms with Gasteiger partial charge in [0.2, 0.25) is 11.8 Å². The fraction of sp³-hybridized carbons (Fsp3) is 0.920. The van der Waals surface area contributed by atoms with E-state index in [2.05, 4.69) is 34.3 Å². The van der Waals surface area contributed by atoms with Gasteiger partial charge in [0.05, 0.1) is 0 Å². The van der Waals surface area contributed by atoms with Gasteiger partial charge in [-0.1, -0.05) is 58.3 Å². The number of hydrogen-bond donors (Lipinski definition) is 4. The maximum Gasteiger partial charge on any atom is 0.221 e. The van der Waals surface area contributed by atoms with Crippen LogP contribution in [0.5, 0.6) is 0 Å². The van der Waals surface area contributed by atoms with Crippen LogP contribution in [0.4, 0.5) is 0 Å². The number of amides is 2. The van der Waals surface area contributed by atoms with Gasteiger partial charge in [0, 0.05) is 78.3 Å². The van der Waals surface area contributed by atoms with E-state index in [4.69, 9.17) is 11.5 Å². The molecule has 0 aromatic heterocycles. The standard InChI is InChI=1S/C25H54N6O2/c1-4-5-6-7-8-9-10-11-12-23(2)29-25(33)14-18-31(20-16-27)22-21-30(19-15-26)17-13-24(32)28-3/h23H,4-22,26-27H2,1-3H3,(H,28,32)(H,29,33). The average Bonchev–Trinajstić information content (AvgIpc) is 2.80. The van der Waals surface area contributed by atoms with Gasteiger partial charge in [-0.2, -0.15) is 0 Å². The summed E-state index contributed by atoms with van der Waals surface area (Å²) in [5.41, 5.74) is 11.5. The molecule has 1 unspecified atom stereocenters. The first-order chi connectivity index (χ1) is 16.0. The van der Waals surface area contributed by atoms with Gasteiger partial charge in [0.25, 0.3) is 0 Å². The van der Waals surface area contributed by atoms with Crippen LogP contribution in [-0.4, -0.2) is 87.1 Å². The SMILES string of the molecule is CCCCCCCCCCC(C)NC(=O)CCN(CCN)CCN(CCN)CCC(=O)NC. The zero-order valence-electron chi connectivity index (χ0n) is 21.9. The molecule has 0 saturated carbocycles. The quantitative estimate of drug-likeness (QED) is 0.170. The molecule has 33 heavy (non-hydrogen) atoms. The Kier molecular flexibility index (Phi) is 21.7. The van der Waals surface area contributed by atoms with Crippen LogP contribution < -0.4 is 22.1 Å². The maximum atomic E-state index is 12.4. The van der Waals surface area contributed by atoms with Crippen molar-refractivity contribution in [1.82, 2.24) is 20.4 Å². The van der Waals surface area contributed by atoms with Gasteiger partial charge >= 0.3 is 0 Å². The maximum absolute atomic E-state index is 12.4. The predicted octanol–water partition coefficient (Wildman–Crippen LogP) is 2.07. The van der Waals surface area contributed by atoms with Crippen molar-refractivity contribution in [2.45, 2.75) is 90.5 Å². The molecule has 0 aromatic rings. The van der Waals surface area contributed by atoms with E-state index in [9.17, 15) is 9.59 Å². The smallest absolute Gasteiger partial charge is 0.221 e.